The Morgan fingerprint density at radius 2 is 1.31 bits per heavy atom. The van der Waals surface area contributed by atoms with Crippen LogP contribution in [0.15, 0.2) is 99.5 Å². The highest BCUT2D eigenvalue weighted by Gasteiger charge is 2.34. The molecule has 2 aromatic carbocycles. The summed E-state index contributed by atoms with van der Waals surface area (Å²) in [5.41, 5.74) is 5.14. The molecule has 35 heavy (non-hydrogen) atoms. The molecule has 0 amide bonds. The van der Waals surface area contributed by atoms with Gasteiger partial charge in [0.05, 0.1) is 18.0 Å². The van der Waals surface area contributed by atoms with Crippen LogP contribution in [0.2, 0.25) is 0 Å². The molecule has 0 spiro atoms. The van der Waals surface area contributed by atoms with E-state index in [-0.39, 0.29) is 16.6 Å². The maximum Gasteiger partial charge on any atom is 0.211 e. The van der Waals surface area contributed by atoms with E-state index in [1.54, 1.807) is 11.3 Å². The van der Waals surface area contributed by atoms with Crippen LogP contribution in [0, 0.1) is 10.8 Å². The van der Waals surface area contributed by atoms with Gasteiger partial charge in [0.25, 0.3) is 0 Å². The van der Waals surface area contributed by atoms with Gasteiger partial charge < -0.3 is 4.57 Å². The Morgan fingerprint density at radius 3 is 1.86 bits per heavy atom. The molecule has 5 heteroatoms. The molecule has 1 aliphatic rings. The molecule has 1 heterocycles. The van der Waals surface area contributed by atoms with Crippen molar-refractivity contribution in [1.29, 1.82) is 0 Å². The van der Waals surface area contributed by atoms with Crippen LogP contribution < -0.4 is 4.80 Å². The first-order chi connectivity index (χ1) is 16.5. The molecular formula is C30H33N3OS. The molecule has 3 aromatic rings. The first-order valence-corrected chi connectivity index (χ1v) is 12.8. The third-order valence-electron chi connectivity index (χ3n) is 5.99. The molecule has 0 unspecified atom stereocenters. The third kappa shape index (κ3) is 5.68. The number of rotatable bonds is 4. The number of allylic oxidation sites excluding steroid dienone is 4. The van der Waals surface area contributed by atoms with Crippen LogP contribution in [0.3, 0.4) is 0 Å². The second kappa shape index (κ2) is 9.74. The van der Waals surface area contributed by atoms with E-state index < -0.39 is 0 Å². The lowest BCUT2D eigenvalue weighted by atomic mass is 9.72. The first-order valence-electron chi connectivity index (χ1n) is 11.9. The van der Waals surface area contributed by atoms with Crippen LogP contribution >= 0.6 is 11.3 Å². The predicted octanol–water partition coefficient (Wildman–Crippen LogP) is 7.05. The number of hydrogen-bond donors (Lipinski definition) is 0. The molecule has 0 atom stereocenters. The summed E-state index contributed by atoms with van der Waals surface area (Å²) < 4.78 is 2.20. The summed E-state index contributed by atoms with van der Waals surface area (Å²) in [7, 11) is 0. The third-order valence-corrected chi connectivity index (χ3v) is 6.85. The summed E-state index contributed by atoms with van der Waals surface area (Å²) in [5, 5.41) is 11.5. The van der Waals surface area contributed by atoms with Gasteiger partial charge in [-0.25, -0.2) is 0 Å². The minimum atomic E-state index is -0.279. The van der Waals surface area contributed by atoms with Gasteiger partial charge in [-0.2, -0.15) is 0 Å². The summed E-state index contributed by atoms with van der Waals surface area (Å²) in [4.78, 5) is 14.0. The minimum absolute atomic E-state index is 0.102. The molecule has 180 valence electrons. The summed E-state index contributed by atoms with van der Waals surface area (Å²) in [6.45, 7) is 13.1. The lowest BCUT2D eigenvalue weighted by Gasteiger charge is -2.30. The number of benzene rings is 2. The predicted molar refractivity (Wildman–Crippen MR) is 146 cm³/mol. The Hall–Kier alpha value is -3.31. The van der Waals surface area contributed by atoms with Gasteiger partial charge in [-0.1, -0.05) is 102 Å². The van der Waals surface area contributed by atoms with Crippen LogP contribution in [0.25, 0.3) is 11.3 Å². The highest BCUT2D eigenvalue weighted by Crippen LogP contribution is 2.37. The number of Topliss-reactive ketones (excluding diaryl/α,β-unsaturated/α-hetero) is 1. The molecular weight excluding hydrogens is 450 g/mol. The fourth-order valence-electron chi connectivity index (χ4n) is 4.05. The van der Waals surface area contributed by atoms with E-state index in [4.69, 9.17) is 5.10 Å². The number of ketones is 1. The van der Waals surface area contributed by atoms with E-state index in [1.807, 2.05) is 36.4 Å². The highest BCUT2D eigenvalue weighted by molar-refractivity contribution is 7.07. The number of carbonyl (C=O) groups excluding carboxylic acids is 1. The topological polar surface area (TPSA) is 46.7 Å². The van der Waals surface area contributed by atoms with Crippen LogP contribution in [-0.2, 0) is 11.3 Å². The van der Waals surface area contributed by atoms with Gasteiger partial charge in [0.2, 0.25) is 4.80 Å². The van der Waals surface area contributed by atoms with E-state index in [2.05, 4.69) is 93.0 Å². The largest absolute Gasteiger partial charge is 0.311 e. The molecule has 0 fully saturated rings. The Kier molecular flexibility index (Phi) is 6.91. The van der Waals surface area contributed by atoms with Gasteiger partial charge in [-0.3, -0.25) is 4.79 Å². The van der Waals surface area contributed by atoms with Crippen LogP contribution in [-0.4, -0.2) is 16.1 Å². The summed E-state index contributed by atoms with van der Waals surface area (Å²) in [6, 6.07) is 20.7. The van der Waals surface area contributed by atoms with Gasteiger partial charge in [-0.05, 0) is 34.1 Å². The molecule has 4 nitrogen and oxygen atoms in total. The van der Waals surface area contributed by atoms with Crippen molar-refractivity contribution in [3.8, 4) is 11.3 Å². The quantitative estimate of drug-likeness (QED) is 0.290. The Morgan fingerprint density at radius 1 is 0.771 bits per heavy atom. The van der Waals surface area contributed by atoms with Crippen molar-refractivity contribution in [1.82, 2.24) is 4.57 Å². The van der Waals surface area contributed by atoms with Crippen molar-refractivity contribution in [3.05, 3.63) is 99.7 Å². The Balaban J connectivity index is 1.84. The van der Waals surface area contributed by atoms with Gasteiger partial charge >= 0.3 is 0 Å². The number of aromatic nitrogens is 1. The first kappa shape index (κ1) is 24.8. The highest BCUT2D eigenvalue weighted by atomic mass is 32.1. The fourth-order valence-corrected chi connectivity index (χ4v) is 4.91. The molecule has 1 aliphatic carbocycles. The zero-order valence-corrected chi connectivity index (χ0v) is 22.2. The lowest BCUT2D eigenvalue weighted by Crippen LogP contribution is -2.29. The molecule has 0 bridgehead atoms. The molecule has 0 saturated carbocycles. The van der Waals surface area contributed by atoms with Crippen molar-refractivity contribution in [3.63, 3.8) is 0 Å². The average molecular weight is 484 g/mol. The smallest absolute Gasteiger partial charge is 0.211 e. The number of hydrogen-bond acceptors (Lipinski definition) is 4. The average Bonchev–Trinajstić information content (AvgIpc) is 3.20. The minimum Gasteiger partial charge on any atom is -0.311 e. The number of nitrogens with zero attached hydrogens (tertiary/aromatic N) is 3. The number of carbonyl (C=O) groups is 1. The second-order valence-electron chi connectivity index (χ2n) is 10.9. The van der Waals surface area contributed by atoms with Crippen molar-refractivity contribution < 1.29 is 4.79 Å². The maximum absolute atomic E-state index is 13.2. The van der Waals surface area contributed by atoms with Gasteiger partial charge in [0.15, 0.2) is 5.78 Å². The molecule has 4 rings (SSSR count). The molecule has 0 radical (unpaired) electrons. The van der Waals surface area contributed by atoms with Crippen LogP contribution in [0.4, 0.5) is 0 Å². The van der Waals surface area contributed by atoms with E-state index in [1.165, 1.54) is 5.56 Å². The standard InChI is InChI=1S/C30H33N3OS/c1-29(2,3)24-17-23(18-25(27(24)34)30(4,5)6)31-32-28-33(19-21-13-9-7-10-14-21)26(20-35-28)22-15-11-8-12-16-22/h7-18,20H,19H2,1-6H3/b32-28-. The summed E-state index contributed by atoms with van der Waals surface area (Å²) >= 11 is 1.57. The number of thiazole rings is 1. The fraction of sp³-hybridized carbons (Fsp3) is 0.300. The zero-order valence-electron chi connectivity index (χ0n) is 21.4. The van der Waals surface area contributed by atoms with Crippen molar-refractivity contribution >= 4 is 22.8 Å². The van der Waals surface area contributed by atoms with E-state index in [9.17, 15) is 4.79 Å². The normalized spacial score (nSPS) is 15.2. The Labute approximate surface area is 212 Å². The van der Waals surface area contributed by atoms with Crippen molar-refractivity contribution in [2.24, 2.45) is 21.0 Å². The zero-order chi connectivity index (χ0) is 25.2. The molecule has 0 saturated heterocycles. The van der Waals surface area contributed by atoms with Gasteiger partial charge in [0, 0.05) is 16.5 Å². The SMILES string of the molecule is CC(C)(C)C1=CC(=N/N=c2\scc(-c3ccccc3)n2Cc2ccccc2)C=C(C(C)(C)C)C1=O. The van der Waals surface area contributed by atoms with Crippen molar-refractivity contribution in [2.45, 2.75) is 48.1 Å². The van der Waals surface area contributed by atoms with E-state index >= 15 is 0 Å². The maximum atomic E-state index is 13.2. The molecule has 1 aromatic heterocycles. The molecule has 0 N–H and O–H groups in total. The summed E-state index contributed by atoms with van der Waals surface area (Å²) in [5.74, 6) is 0.102. The second-order valence-corrected chi connectivity index (χ2v) is 11.7. The lowest BCUT2D eigenvalue weighted by molar-refractivity contribution is -0.114. The van der Waals surface area contributed by atoms with Crippen LogP contribution in [0.5, 0.6) is 0 Å². The summed E-state index contributed by atoms with van der Waals surface area (Å²) in [6.07, 6.45) is 3.79. The van der Waals surface area contributed by atoms with Gasteiger partial charge in [0.1, 0.15) is 0 Å². The monoisotopic (exact) mass is 483 g/mol. The Bertz CT molecular complexity index is 1340. The van der Waals surface area contributed by atoms with Crippen LogP contribution in [0.1, 0.15) is 47.1 Å². The molecule has 0 aliphatic heterocycles. The van der Waals surface area contributed by atoms with E-state index in [0.717, 1.165) is 27.2 Å². The van der Waals surface area contributed by atoms with Crippen molar-refractivity contribution in [2.75, 3.05) is 0 Å². The van der Waals surface area contributed by atoms with Gasteiger partial charge in [-0.15, -0.1) is 21.5 Å². The van der Waals surface area contributed by atoms with E-state index in [0.29, 0.717) is 12.3 Å².